The molecule has 1 aromatic rings. The largest absolute Gasteiger partial charge is 0.393 e. The molecule has 0 radical (unpaired) electrons. The standard InChI is InChI=1S/C20H28ClNO6/c1-11-7-8-12-14(15(11)21)13(9-22-12)27-20(6)19(5,26)18(4,25)17(3,24)16(2,10-23)28-20/h7-9,13,23-26H,10H2,1-6H3. The molecule has 3 rings (SSSR count). The Labute approximate surface area is 169 Å². The Kier molecular flexibility index (Phi) is 4.81. The van der Waals surface area contributed by atoms with Crippen LogP contribution >= 0.6 is 11.6 Å². The Morgan fingerprint density at radius 2 is 1.68 bits per heavy atom. The van der Waals surface area contributed by atoms with Gasteiger partial charge in [-0.25, -0.2) is 0 Å². The number of aliphatic hydroxyl groups is 4. The van der Waals surface area contributed by atoms with E-state index in [-0.39, 0.29) is 0 Å². The molecule has 0 aromatic heterocycles. The first-order valence-corrected chi connectivity index (χ1v) is 9.52. The van der Waals surface area contributed by atoms with Crippen LogP contribution in [0.2, 0.25) is 5.02 Å². The van der Waals surface area contributed by atoms with Gasteiger partial charge in [-0.1, -0.05) is 17.7 Å². The summed E-state index contributed by atoms with van der Waals surface area (Å²) in [5.74, 6) is -1.82. The number of hydrogen-bond donors (Lipinski definition) is 4. The van der Waals surface area contributed by atoms with Crippen molar-refractivity contribution in [3.63, 3.8) is 0 Å². The van der Waals surface area contributed by atoms with E-state index < -0.39 is 40.9 Å². The van der Waals surface area contributed by atoms with Crippen LogP contribution in [0.1, 0.15) is 51.8 Å². The van der Waals surface area contributed by atoms with Gasteiger partial charge in [0.05, 0.1) is 17.3 Å². The van der Waals surface area contributed by atoms with Gasteiger partial charge in [-0.15, -0.1) is 0 Å². The Balaban J connectivity index is 2.08. The van der Waals surface area contributed by atoms with Gasteiger partial charge in [-0.05, 0) is 53.2 Å². The molecule has 156 valence electrons. The van der Waals surface area contributed by atoms with E-state index in [1.165, 1.54) is 34.6 Å². The third-order valence-electron chi connectivity index (χ3n) is 6.87. The van der Waals surface area contributed by atoms with Crippen molar-refractivity contribution in [3.8, 4) is 0 Å². The Morgan fingerprint density at radius 1 is 1.07 bits per heavy atom. The molecule has 0 aliphatic carbocycles. The SMILES string of the molecule is Cc1ccc2c(c1Cl)C(OC1(C)OC(C)(CO)C(C)(O)C(C)(O)C1(C)O)C=N2. The van der Waals surface area contributed by atoms with Gasteiger partial charge in [0.1, 0.15) is 28.5 Å². The van der Waals surface area contributed by atoms with E-state index in [0.29, 0.717) is 16.3 Å². The van der Waals surface area contributed by atoms with Crippen molar-refractivity contribution in [3.05, 3.63) is 28.3 Å². The van der Waals surface area contributed by atoms with E-state index in [0.717, 1.165) is 5.56 Å². The van der Waals surface area contributed by atoms with Crippen LogP contribution < -0.4 is 0 Å². The lowest BCUT2D eigenvalue weighted by Gasteiger charge is -2.65. The molecule has 2 aliphatic rings. The van der Waals surface area contributed by atoms with Crippen LogP contribution in [0.3, 0.4) is 0 Å². The number of halogens is 1. The molecular weight excluding hydrogens is 386 g/mol. The van der Waals surface area contributed by atoms with Crippen LogP contribution in [0.5, 0.6) is 0 Å². The summed E-state index contributed by atoms with van der Waals surface area (Å²) >= 11 is 6.46. The number of ether oxygens (including phenoxy) is 2. The van der Waals surface area contributed by atoms with Crippen molar-refractivity contribution in [2.24, 2.45) is 4.99 Å². The van der Waals surface area contributed by atoms with Crippen LogP contribution in [-0.4, -0.2) is 61.4 Å². The predicted octanol–water partition coefficient (Wildman–Crippen LogP) is 2.17. The van der Waals surface area contributed by atoms with Crippen molar-refractivity contribution in [1.82, 2.24) is 0 Å². The third kappa shape index (κ3) is 2.55. The highest BCUT2D eigenvalue weighted by Crippen LogP contribution is 2.55. The second-order valence-corrected chi connectivity index (χ2v) is 8.98. The van der Waals surface area contributed by atoms with E-state index in [1.807, 2.05) is 19.1 Å². The molecule has 6 atom stereocenters. The monoisotopic (exact) mass is 413 g/mol. The number of fused-ring (bicyclic) bond motifs is 1. The molecule has 0 spiro atoms. The number of aliphatic imine (C=N–C) groups is 1. The smallest absolute Gasteiger partial charge is 0.199 e. The maximum Gasteiger partial charge on any atom is 0.199 e. The predicted molar refractivity (Wildman–Crippen MR) is 105 cm³/mol. The number of benzene rings is 1. The minimum absolute atomic E-state index is 0.489. The Hall–Kier alpha value is -1.06. The zero-order chi connectivity index (χ0) is 21.3. The van der Waals surface area contributed by atoms with Crippen LogP contribution in [0.15, 0.2) is 17.1 Å². The molecule has 2 heterocycles. The zero-order valence-corrected chi connectivity index (χ0v) is 17.7. The van der Waals surface area contributed by atoms with E-state index in [2.05, 4.69) is 4.99 Å². The fourth-order valence-electron chi connectivity index (χ4n) is 4.01. The van der Waals surface area contributed by atoms with Gasteiger partial charge in [-0.3, -0.25) is 4.99 Å². The van der Waals surface area contributed by atoms with E-state index in [9.17, 15) is 20.4 Å². The van der Waals surface area contributed by atoms with Crippen molar-refractivity contribution in [1.29, 1.82) is 0 Å². The number of aliphatic hydroxyl groups excluding tert-OH is 1. The van der Waals surface area contributed by atoms with Gasteiger partial charge < -0.3 is 29.9 Å². The topological polar surface area (TPSA) is 112 Å². The maximum atomic E-state index is 11.3. The van der Waals surface area contributed by atoms with Crippen LogP contribution in [0, 0.1) is 6.92 Å². The van der Waals surface area contributed by atoms with Crippen molar-refractivity contribution in [2.75, 3.05) is 6.61 Å². The molecule has 0 saturated carbocycles. The Morgan fingerprint density at radius 3 is 2.25 bits per heavy atom. The quantitative estimate of drug-likeness (QED) is 0.604. The molecule has 1 saturated heterocycles. The van der Waals surface area contributed by atoms with Gasteiger partial charge in [0.15, 0.2) is 5.79 Å². The van der Waals surface area contributed by atoms with Gasteiger partial charge >= 0.3 is 0 Å². The second kappa shape index (κ2) is 6.22. The first-order valence-electron chi connectivity index (χ1n) is 9.14. The fraction of sp³-hybridized carbons (Fsp3) is 0.650. The number of rotatable bonds is 3. The molecule has 4 N–H and O–H groups in total. The van der Waals surface area contributed by atoms with Crippen molar-refractivity contribution < 1.29 is 29.9 Å². The minimum Gasteiger partial charge on any atom is -0.393 e. The summed E-state index contributed by atoms with van der Waals surface area (Å²) in [7, 11) is 0. The molecular formula is C20H28ClNO6. The van der Waals surface area contributed by atoms with E-state index >= 15 is 0 Å². The first-order chi connectivity index (χ1) is 12.7. The van der Waals surface area contributed by atoms with E-state index in [1.54, 1.807) is 6.21 Å². The van der Waals surface area contributed by atoms with Gasteiger partial charge in [0, 0.05) is 11.8 Å². The molecule has 7 nitrogen and oxygen atoms in total. The summed E-state index contributed by atoms with van der Waals surface area (Å²) in [6.45, 7) is 8.08. The highest BCUT2D eigenvalue weighted by Gasteiger charge is 2.75. The summed E-state index contributed by atoms with van der Waals surface area (Å²) in [4.78, 5) is 4.32. The Bertz CT molecular complexity index is 836. The zero-order valence-electron chi connectivity index (χ0n) is 16.9. The normalized spacial score (nSPS) is 45.3. The van der Waals surface area contributed by atoms with Crippen LogP contribution in [0.4, 0.5) is 5.69 Å². The summed E-state index contributed by atoms with van der Waals surface area (Å²) < 4.78 is 12.1. The maximum absolute atomic E-state index is 11.3. The summed E-state index contributed by atoms with van der Waals surface area (Å²) in [6, 6.07) is 3.66. The van der Waals surface area contributed by atoms with Crippen LogP contribution in [-0.2, 0) is 9.47 Å². The third-order valence-corrected chi connectivity index (χ3v) is 7.37. The lowest BCUT2D eigenvalue weighted by Crippen LogP contribution is -2.84. The summed E-state index contributed by atoms with van der Waals surface area (Å²) in [5.41, 5.74) is -5.66. The lowest BCUT2D eigenvalue weighted by atomic mass is 9.61. The average Bonchev–Trinajstić information content (AvgIpc) is 2.99. The molecule has 0 bridgehead atoms. The summed E-state index contributed by atoms with van der Waals surface area (Å²) in [5, 5.41) is 43.9. The highest BCUT2D eigenvalue weighted by atomic mass is 35.5. The minimum atomic E-state index is -2.10. The first kappa shape index (κ1) is 21.6. The molecule has 8 heteroatoms. The molecule has 0 amide bonds. The number of aryl methyl sites for hydroxylation is 1. The summed E-state index contributed by atoms with van der Waals surface area (Å²) in [6.07, 6.45) is 0.791. The number of nitrogens with zero attached hydrogens (tertiary/aromatic N) is 1. The molecule has 1 aromatic carbocycles. The second-order valence-electron chi connectivity index (χ2n) is 8.60. The van der Waals surface area contributed by atoms with Gasteiger partial charge in [0.2, 0.25) is 0 Å². The average molecular weight is 414 g/mol. The van der Waals surface area contributed by atoms with Crippen LogP contribution in [0.25, 0.3) is 0 Å². The number of hydrogen-bond acceptors (Lipinski definition) is 7. The van der Waals surface area contributed by atoms with E-state index in [4.69, 9.17) is 21.1 Å². The fourth-order valence-corrected chi connectivity index (χ4v) is 4.28. The molecule has 28 heavy (non-hydrogen) atoms. The van der Waals surface area contributed by atoms with Crippen molar-refractivity contribution in [2.45, 2.75) is 75.8 Å². The molecule has 2 aliphatic heterocycles. The lowest BCUT2D eigenvalue weighted by molar-refractivity contribution is -0.460. The molecule has 6 unspecified atom stereocenters. The van der Waals surface area contributed by atoms with Gasteiger partial charge in [0.25, 0.3) is 0 Å². The van der Waals surface area contributed by atoms with Gasteiger partial charge in [-0.2, -0.15) is 0 Å². The highest BCUT2D eigenvalue weighted by molar-refractivity contribution is 6.33. The van der Waals surface area contributed by atoms with Crippen molar-refractivity contribution >= 4 is 23.5 Å². The molecule has 1 fully saturated rings.